The van der Waals surface area contributed by atoms with Crippen LogP contribution >= 0.6 is 0 Å². The van der Waals surface area contributed by atoms with Crippen LogP contribution < -0.4 is 0 Å². The van der Waals surface area contributed by atoms with Gasteiger partial charge in [0.25, 0.3) is 0 Å². The first-order chi connectivity index (χ1) is 23.5. The van der Waals surface area contributed by atoms with Crippen molar-refractivity contribution in [1.29, 1.82) is 0 Å². The maximum absolute atomic E-state index is 14.0. The average Bonchev–Trinajstić information content (AvgIpc) is 3.05. The molecule has 2 saturated heterocycles. The number of phenols is 3. The molecular formula is C36H48N2O12. The lowest BCUT2D eigenvalue weighted by Crippen LogP contribution is -2.55. The number of fused-ring (bicyclic) bond motifs is 3. The third-order valence-electron chi connectivity index (χ3n) is 11.0. The second kappa shape index (κ2) is 13.4. The van der Waals surface area contributed by atoms with E-state index in [0.717, 1.165) is 12.1 Å². The van der Waals surface area contributed by atoms with E-state index in [0.29, 0.717) is 0 Å². The number of carbonyl (C=O) groups is 2. The number of aliphatic hydroxyl groups is 3. The summed E-state index contributed by atoms with van der Waals surface area (Å²) in [5.74, 6) is -3.37. The van der Waals surface area contributed by atoms with Gasteiger partial charge in [-0.3, -0.25) is 9.59 Å². The summed E-state index contributed by atoms with van der Waals surface area (Å²) >= 11 is 0. The highest BCUT2D eigenvalue weighted by Crippen LogP contribution is 2.55. The van der Waals surface area contributed by atoms with Gasteiger partial charge in [0.2, 0.25) is 5.78 Å². The van der Waals surface area contributed by atoms with Gasteiger partial charge >= 0.3 is 0 Å². The van der Waals surface area contributed by atoms with Crippen molar-refractivity contribution in [2.75, 3.05) is 28.2 Å². The third kappa shape index (κ3) is 5.99. The summed E-state index contributed by atoms with van der Waals surface area (Å²) in [6, 6.07) is 2.94. The summed E-state index contributed by atoms with van der Waals surface area (Å²) in [5, 5.41) is 67.3. The van der Waals surface area contributed by atoms with Crippen LogP contribution in [0.5, 0.6) is 17.2 Å². The third-order valence-corrected chi connectivity index (χ3v) is 11.0. The Kier molecular flexibility index (Phi) is 9.82. The average molecular weight is 701 g/mol. The SMILES string of the molecule is CC[C@@]1(O)C[C@H](O[C@H]2C[C@H](N(C)C)[C@H](O)[C@H](C)O2)c2cc3c(c(O)c2[C@H]1O[C@H]1C[C@H](N(C)C)[C@H](O)[C@H](C)O1)C(=O)c1c(O)ccc(O)c1C3=O. The van der Waals surface area contributed by atoms with E-state index in [9.17, 15) is 40.2 Å². The van der Waals surface area contributed by atoms with E-state index < -0.39 is 100 Å². The fourth-order valence-corrected chi connectivity index (χ4v) is 8.00. The van der Waals surface area contributed by atoms with Gasteiger partial charge in [0.15, 0.2) is 18.4 Å². The lowest BCUT2D eigenvalue weighted by molar-refractivity contribution is -0.289. The molecule has 2 aliphatic carbocycles. The first-order valence-electron chi connectivity index (χ1n) is 17.1. The van der Waals surface area contributed by atoms with Crippen LogP contribution in [0.15, 0.2) is 18.2 Å². The fourth-order valence-electron chi connectivity index (χ4n) is 8.00. The standard InChI is InChI=1S/C36H48N2O12/c1-8-36(46)14-23(49-24-12-19(37(4)5)30(41)15(2)47-24)17-11-18-26(34(45)29-22(40)10-9-21(39)28(29)32(18)43)33(44)27(17)35(36)50-25-13-20(38(6)7)31(42)16(3)48-25/h9-11,15-16,19-20,23-25,30-31,35,39-42,44,46H,8,12-14H2,1-7H3/t15-,16-,19-,20-,23-,24-,25-,30+,31+,35+,36+/m0/s1. The van der Waals surface area contributed by atoms with Gasteiger partial charge in [-0.2, -0.15) is 0 Å². The maximum Gasteiger partial charge on any atom is 0.202 e. The Balaban J connectivity index is 1.50. The molecule has 2 heterocycles. The van der Waals surface area contributed by atoms with E-state index in [4.69, 9.17) is 18.9 Å². The molecule has 0 radical (unpaired) electrons. The predicted molar refractivity (Wildman–Crippen MR) is 177 cm³/mol. The number of hydrogen-bond acceptors (Lipinski definition) is 14. The number of nitrogens with zero attached hydrogens (tertiary/aromatic N) is 2. The van der Waals surface area contributed by atoms with Gasteiger partial charge in [0.1, 0.15) is 23.4 Å². The molecule has 14 heteroatoms. The predicted octanol–water partition coefficient (Wildman–Crippen LogP) is 2.09. The number of aromatic hydroxyl groups is 3. The summed E-state index contributed by atoms with van der Waals surface area (Å²) in [6.45, 7) is 5.18. The van der Waals surface area contributed by atoms with Crippen LogP contribution in [0, 0.1) is 0 Å². The Hall–Kier alpha value is -3.18. The Morgan fingerprint density at radius 2 is 1.32 bits per heavy atom. The molecule has 2 aromatic rings. The Morgan fingerprint density at radius 3 is 1.82 bits per heavy atom. The van der Waals surface area contributed by atoms with Crippen LogP contribution in [-0.2, 0) is 18.9 Å². The van der Waals surface area contributed by atoms with Gasteiger partial charge in [-0.25, -0.2) is 0 Å². The Morgan fingerprint density at radius 1 is 0.820 bits per heavy atom. The fraction of sp³-hybridized carbons (Fsp3) is 0.611. The minimum Gasteiger partial charge on any atom is -0.507 e. The van der Waals surface area contributed by atoms with E-state index >= 15 is 0 Å². The zero-order valence-corrected chi connectivity index (χ0v) is 29.4. The van der Waals surface area contributed by atoms with Crippen molar-refractivity contribution < 1.29 is 59.2 Å². The second-order valence-electron chi connectivity index (χ2n) is 14.5. The molecular weight excluding hydrogens is 652 g/mol. The highest BCUT2D eigenvalue weighted by Gasteiger charge is 2.53. The number of ether oxygens (including phenoxy) is 4. The number of hydrogen-bond donors (Lipinski definition) is 6. The highest BCUT2D eigenvalue weighted by molar-refractivity contribution is 6.31. The van der Waals surface area contributed by atoms with Gasteiger partial charge < -0.3 is 59.4 Å². The first kappa shape index (κ1) is 36.6. The lowest BCUT2D eigenvalue weighted by atomic mass is 9.71. The molecule has 0 aromatic heterocycles. The molecule has 274 valence electrons. The molecule has 0 bridgehead atoms. The number of ketones is 2. The quantitative estimate of drug-likeness (QED) is 0.196. The smallest absolute Gasteiger partial charge is 0.202 e. The molecule has 0 unspecified atom stereocenters. The maximum atomic E-state index is 14.0. The van der Waals surface area contributed by atoms with Gasteiger partial charge in [-0.05, 0) is 72.2 Å². The number of benzene rings is 2. The molecule has 4 aliphatic rings. The Bertz CT molecular complexity index is 1660. The molecule has 2 aliphatic heterocycles. The van der Waals surface area contributed by atoms with Crippen molar-refractivity contribution in [3.63, 3.8) is 0 Å². The van der Waals surface area contributed by atoms with Crippen molar-refractivity contribution in [2.24, 2.45) is 0 Å². The number of carbonyl (C=O) groups excluding carboxylic acids is 2. The van der Waals surface area contributed by atoms with Crippen LogP contribution in [0.2, 0.25) is 0 Å². The summed E-state index contributed by atoms with van der Waals surface area (Å²) in [7, 11) is 7.32. The lowest BCUT2D eigenvalue weighted by Gasteiger charge is -2.48. The second-order valence-corrected chi connectivity index (χ2v) is 14.5. The highest BCUT2D eigenvalue weighted by atomic mass is 16.7. The topological polar surface area (TPSA) is 199 Å². The van der Waals surface area contributed by atoms with Gasteiger partial charge in [0.05, 0.1) is 52.8 Å². The van der Waals surface area contributed by atoms with Crippen molar-refractivity contribution in [3.05, 3.63) is 51.6 Å². The van der Waals surface area contributed by atoms with Crippen LogP contribution in [0.3, 0.4) is 0 Å². The number of rotatable bonds is 7. The van der Waals surface area contributed by atoms with E-state index in [1.165, 1.54) is 6.07 Å². The summed E-state index contributed by atoms with van der Waals surface area (Å²) in [4.78, 5) is 31.7. The molecule has 14 nitrogen and oxygen atoms in total. The monoisotopic (exact) mass is 700 g/mol. The number of aliphatic hydroxyl groups excluding tert-OH is 2. The molecule has 0 amide bonds. The van der Waals surface area contributed by atoms with Crippen LogP contribution in [0.25, 0.3) is 0 Å². The van der Waals surface area contributed by atoms with Crippen molar-refractivity contribution in [3.8, 4) is 17.2 Å². The molecule has 6 N–H and O–H groups in total. The zero-order chi connectivity index (χ0) is 36.6. The first-order valence-corrected chi connectivity index (χ1v) is 17.1. The molecule has 2 fully saturated rings. The van der Waals surface area contributed by atoms with Crippen molar-refractivity contribution >= 4 is 11.6 Å². The van der Waals surface area contributed by atoms with Gasteiger partial charge in [-0.15, -0.1) is 0 Å². The molecule has 11 atom stereocenters. The van der Waals surface area contributed by atoms with E-state index in [-0.39, 0.29) is 54.5 Å². The molecule has 50 heavy (non-hydrogen) atoms. The summed E-state index contributed by atoms with van der Waals surface area (Å²) in [6.07, 6.45) is -6.42. The van der Waals surface area contributed by atoms with Crippen LogP contribution in [0.1, 0.15) is 102 Å². The Labute approximate surface area is 290 Å². The largest absolute Gasteiger partial charge is 0.507 e. The van der Waals surface area contributed by atoms with E-state index in [1.807, 2.05) is 38.0 Å². The molecule has 2 aromatic carbocycles. The minimum absolute atomic E-state index is 0.00502. The molecule has 6 rings (SSSR count). The van der Waals surface area contributed by atoms with Crippen molar-refractivity contribution in [1.82, 2.24) is 9.80 Å². The van der Waals surface area contributed by atoms with Crippen LogP contribution in [0.4, 0.5) is 0 Å². The number of phenolic OH excluding ortho intramolecular Hbond substituents is 3. The zero-order valence-electron chi connectivity index (χ0n) is 29.4. The normalized spacial score (nSPS) is 35.6. The van der Waals surface area contributed by atoms with E-state index in [2.05, 4.69) is 0 Å². The molecule has 0 spiro atoms. The molecule has 0 saturated carbocycles. The number of likely N-dealkylation sites (N-methyl/N-ethyl adjacent to an activating group) is 2. The summed E-state index contributed by atoms with van der Waals surface area (Å²) < 4.78 is 25.2. The van der Waals surface area contributed by atoms with Crippen LogP contribution in [-0.4, -0.2) is 135 Å². The summed E-state index contributed by atoms with van der Waals surface area (Å²) in [5.41, 5.74) is -2.91. The van der Waals surface area contributed by atoms with E-state index in [1.54, 1.807) is 20.8 Å². The van der Waals surface area contributed by atoms with Gasteiger partial charge in [-0.1, -0.05) is 6.92 Å². The minimum atomic E-state index is -1.71. The van der Waals surface area contributed by atoms with Gasteiger partial charge in [0, 0.05) is 42.5 Å². The van der Waals surface area contributed by atoms with Crippen molar-refractivity contribution in [2.45, 2.75) is 113 Å².